The number of aliphatic carboxylic acids is 1. The smallest absolute Gasteiger partial charge is 0.418 e. The van der Waals surface area contributed by atoms with Crippen molar-refractivity contribution in [2.45, 2.75) is 30.3 Å². The van der Waals surface area contributed by atoms with Gasteiger partial charge in [-0.3, -0.25) is 9.59 Å². The summed E-state index contributed by atoms with van der Waals surface area (Å²) in [4.78, 5) is 27.5. The molecule has 2 saturated heterocycles. The Bertz CT molecular complexity index is 946. The number of carboxylic acids is 1. The third-order valence-electron chi connectivity index (χ3n) is 4.31. The largest absolute Gasteiger partial charge is 0.481 e. The van der Waals surface area contributed by atoms with Gasteiger partial charge in [-0.15, -0.1) is 0 Å². The van der Waals surface area contributed by atoms with E-state index in [1.54, 1.807) is 0 Å². The second-order valence-electron chi connectivity index (χ2n) is 6.37. The summed E-state index contributed by atoms with van der Waals surface area (Å²) in [5.74, 6) is -2.56. The molecule has 0 saturated carbocycles. The van der Waals surface area contributed by atoms with Crippen molar-refractivity contribution >= 4 is 44.3 Å². The number of benzene rings is 1. The lowest BCUT2D eigenvalue weighted by molar-refractivity contribution is -0.138. The first-order valence-corrected chi connectivity index (χ1v) is 10.8. The molecule has 2 aliphatic rings. The Hall–Kier alpha value is -2.08. The molecule has 0 bridgehead atoms. The predicted octanol–water partition coefficient (Wildman–Crippen LogP) is 2.17. The number of carbonyl (C=O) groups excluding carboxylic acids is 1. The number of sulfone groups is 1. The molecule has 152 valence electrons. The monoisotopic (exact) mass is 436 g/mol. The maximum atomic E-state index is 13.5. The van der Waals surface area contributed by atoms with E-state index in [9.17, 15) is 31.2 Å². The summed E-state index contributed by atoms with van der Waals surface area (Å²) >= 11 is 0.930. The van der Waals surface area contributed by atoms with Gasteiger partial charge in [-0.25, -0.2) is 8.42 Å². The highest BCUT2D eigenvalue weighted by atomic mass is 32.2. The topological polar surface area (TPSA) is 104 Å². The SMILES string of the molecule is O=C(O)CCC(=O)N=C1SC2CS(=O)(=O)CC2N1c1ccccc1C(F)(F)F. The molecule has 0 aromatic heterocycles. The van der Waals surface area contributed by atoms with Gasteiger partial charge in [0.15, 0.2) is 15.0 Å². The Morgan fingerprint density at radius 3 is 2.54 bits per heavy atom. The first kappa shape index (κ1) is 20.6. The van der Waals surface area contributed by atoms with Crippen LogP contribution in [-0.4, -0.2) is 53.4 Å². The molecule has 1 aromatic rings. The molecule has 2 atom stereocenters. The molecule has 2 aliphatic heterocycles. The maximum absolute atomic E-state index is 13.5. The van der Waals surface area contributed by atoms with Crippen molar-refractivity contribution in [1.29, 1.82) is 0 Å². The van der Waals surface area contributed by atoms with E-state index >= 15 is 0 Å². The number of carboxylic acid groups (broad SMARTS) is 1. The van der Waals surface area contributed by atoms with Crippen molar-refractivity contribution in [2.24, 2.45) is 4.99 Å². The van der Waals surface area contributed by atoms with Gasteiger partial charge in [-0.2, -0.15) is 18.2 Å². The molecule has 1 aromatic carbocycles. The summed E-state index contributed by atoms with van der Waals surface area (Å²) in [6.45, 7) is 0. The molecule has 3 rings (SSSR count). The van der Waals surface area contributed by atoms with E-state index in [2.05, 4.69) is 4.99 Å². The van der Waals surface area contributed by atoms with E-state index < -0.39 is 57.6 Å². The van der Waals surface area contributed by atoms with Crippen LogP contribution in [0.2, 0.25) is 0 Å². The standard InChI is InChI=1S/C16H15F3N2O5S2/c17-16(18,19)9-3-1-2-4-10(9)21-11-7-28(25,26)8-12(11)27-15(21)20-13(22)5-6-14(23)24/h1-4,11-12H,5-8H2,(H,23,24). The zero-order chi connectivity index (χ0) is 20.7. The van der Waals surface area contributed by atoms with Gasteiger partial charge in [0, 0.05) is 11.7 Å². The molecule has 1 amide bonds. The summed E-state index contributed by atoms with van der Waals surface area (Å²) in [7, 11) is -3.43. The number of carbonyl (C=O) groups is 2. The molecule has 2 heterocycles. The van der Waals surface area contributed by atoms with Crippen molar-refractivity contribution in [3.63, 3.8) is 0 Å². The van der Waals surface area contributed by atoms with Crippen LogP contribution >= 0.6 is 11.8 Å². The van der Waals surface area contributed by atoms with Gasteiger partial charge in [0.05, 0.1) is 35.2 Å². The van der Waals surface area contributed by atoms with Crippen molar-refractivity contribution in [3.8, 4) is 0 Å². The molecule has 1 N–H and O–H groups in total. The molecule has 7 nitrogen and oxygen atoms in total. The predicted molar refractivity (Wildman–Crippen MR) is 97.1 cm³/mol. The van der Waals surface area contributed by atoms with Crippen molar-refractivity contribution in [1.82, 2.24) is 0 Å². The van der Waals surface area contributed by atoms with E-state index in [1.807, 2.05) is 0 Å². The molecule has 0 spiro atoms. The lowest BCUT2D eigenvalue weighted by Gasteiger charge is -2.27. The van der Waals surface area contributed by atoms with E-state index in [0.717, 1.165) is 22.7 Å². The van der Waals surface area contributed by atoms with E-state index in [4.69, 9.17) is 5.11 Å². The van der Waals surface area contributed by atoms with Gasteiger partial charge in [0.25, 0.3) is 0 Å². The van der Waals surface area contributed by atoms with Crippen LogP contribution in [-0.2, 0) is 25.6 Å². The zero-order valence-corrected chi connectivity index (χ0v) is 15.9. The van der Waals surface area contributed by atoms with Crippen LogP contribution in [0.4, 0.5) is 18.9 Å². The Morgan fingerprint density at radius 1 is 1.21 bits per heavy atom. The number of amides is 1. The third-order valence-corrected chi connectivity index (χ3v) is 7.52. The normalized spacial score (nSPS) is 25.1. The number of halogens is 3. The van der Waals surface area contributed by atoms with Crippen LogP contribution in [0.1, 0.15) is 18.4 Å². The van der Waals surface area contributed by atoms with Gasteiger partial charge in [-0.1, -0.05) is 23.9 Å². The fraction of sp³-hybridized carbons (Fsp3) is 0.438. The van der Waals surface area contributed by atoms with Crippen LogP contribution in [0.3, 0.4) is 0 Å². The molecule has 0 radical (unpaired) electrons. The number of nitrogens with zero attached hydrogens (tertiary/aromatic N) is 2. The Balaban J connectivity index is 2.03. The zero-order valence-electron chi connectivity index (χ0n) is 14.2. The number of rotatable bonds is 4. The molecular formula is C16H15F3N2O5S2. The number of aliphatic imine (C=N–C) groups is 1. The average Bonchev–Trinajstić information content (AvgIpc) is 3.03. The van der Waals surface area contributed by atoms with Gasteiger partial charge in [-0.05, 0) is 12.1 Å². The molecule has 12 heteroatoms. The number of thioether (sulfide) groups is 1. The second-order valence-corrected chi connectivity index (χ2v) is 9.73. The molecular weight excluding hydrogens is 421 g/mol. The van der Waals surface area contributed by atoms with E-state index in [1.165, 1.54) is 18.2 Å². The minimum Gasteiger partial charge on any atom is -0.481 e. The highest BCUT2D eigenvalue weighted by Crippen LogP contribution is 2.45. The van der Waals surface area contributed by atoms with Crippen molar-refractivity contribution < 1.29 is 36.3 Å². The summed E-state index contributed by atoms with van der Waals surface area (Å²) < 4.78 is 64.4. The first-order chi connectivity index (χ1) is 13.0. The summed E-state index contributed by atoms with van der Waals surface area (Å²) in [5, 5.41) is 8.06. The number of amidine groups is 1. The Morgan fingerprint density at radius 2 is 1.89 bits per heavy atom. The quantitative estimate of drug-likeness (QED) is 0.771. The number of alkyl halides is 3. The fourth-order valence-corrected chi connectivity index (χ4v) is 7.07. The third kappa shape index (κ3) is 4.32. The first-order valence-electron chi connectivity index (χ1n) is 8.14. The summed E-state index contributed by atoms with van der Waals surface area (Å²) in [6.07, 6.45) is -5.54. The number of anilines is 1. The lowest BCUT2D eigenvalue weighted by Crippen LogP contribution is -2.39. The molecule has 2 unspecified atom stereocenters. The highest BCUT2D eigenvalue weighted by Gasteiger charge is 2.51. The number of fused-ring (bicyclic) bond motifs is 1. The fourth-order valence-electron chi connectivity index (χ4n) is 3.15. The molecule has 28 heavy (non-hydrogen) atoms. The van der Waals surface area contributed by atoms with Gasteiger partial charge in [0.2, 0.25) is 5.91 Å². The highest BCUT2D eigenvalue weighted by molar-refractivity contribution is 8.16. The molecule has 2 fully saturated rings. The van der Waals surface area contributed by atoms with Gasteiger partial charge in [0.1, 0.15) is 0 Å². The Kier molecular flexibility index (Phi) is 5.45. The molecule has 0 aliphatic carbocycles. The van der Waals surface area contributed by atoms with Gasteiger partial charge >= 0.3 is 12.1 Å². The van der Waals surface area contributed by atoms with Crippen LogP contribution < -0.4 is 4.90 Å². The summed E-state index contributed by atoms with van der Waals surface area (Å²) in [6, 6.07) is 3.89. The van der Waals surface area contributed by atoms with Crippen LogP contribution in [0.5, 0.6) is 0 Å². The minimum atomic E-state index is -4.69. The minimum absolute atomic E-state index is 0.0445. The van der Waals surface area contributed by atoms with Crippen LogP contribution in [0.15, 0.2) is 29.3 Å². The maximum Gasteiger partial charge on any atom is 0.418 e. The number of hydrogen-bond donors (Lipinski definition) is 1. The van der Waals surface area contributed by atoms with Crippen LogP contribution in [0.25, 0.3) is 0 Å². The van der Waals surface area contributed by atoms with Gasteiger partial charge < -0.3 is 10.0 Å². The number of para-hydroxylation sites is 1. The second kappa shape index (κ2) is 7.39. The van der Waals surface area contributed by atoms with Crippen molar-refractivity contribution in [3.05, 3.63) is 29.8 Å². The average molecular weight is 436 g/mol. The lowest BCUT2D eigenvalue weighted by atomic mass is 10.1. The van der Waals surface area contributed by atoms with E-state index in [-0.39, 0.29) is 22.4 Å². The summed E-state index contributed by atoms with van der Waals surface area (Å²) in [5.41, 5.74) is -1.25. The van der Waals surface area contributed by atoms with Crippen LogP contribution in [0, 0.1) is 0 Å². The van der Waals surface area contributed by atoms with E-state index in [0.29, 0.717) is 0 Å². The number of hydrogen-bond acceptors (Lipinski definition) is 5. The van der Waals surface area contributed by atoms with Crippen molar-refractivity contribution in [2.75, 3.05) is 16.4 Å². The Labute approximate surface area is 162 Å².